The largest absolute Gasteiger partial charge is 0.392 e. The molecule has 18 heavy (non-hydrogen) atoms. The lowest BCUT2D eigenvalue weighted by molar-refractivity contribution is 0.281. The van der Waals surface area contributed by atoms with Crippen LogP contribution in [-0.2, 0) is 6.61 Å². The summed E-state index contributed by atoms with van der Waals surface area (Å²) in [5.41, 5.74) is 6.16. The Balaban J connectivity index is 2.70. The molecule has 0 aliphatic heterocycles. The fourth-order valence-electron chi connectivity index (χ4n) is 1.93. The second-order valence-corrected chi connectivity index (χ2v) is 5.15. The predicted molar refractivity (Wildman–Crippen MR) is 79.4 cm³/mol. The molecule has 1 N–H and O–H groups in total. The summed E-state index contributed by atoms with van der Waals surface area (Å²) in [6.45, 7) is 8.61. The van der Waals surface area contributed by atoms with Crippen molar-refractivity contribution in [3.8, 4) is 0 Å². The Kier molecular flexibility index (Phi) is 5.87. The highest BCUT2D eigenvalue weighted by molar-refractivity contribution is 5.54. The minimum atomic E-state index is 0.120. The van der Waals surface area contributed by atoms with Crippen molar-refractivity contribution in [2.24, 2.45) is 0 Å². The van der Waals surface area contributed by atoms with Crippen LogP contribution in [0.5, 0.6) is 0 Å². The van der Waals surface area contributed by atoms with E-state index in [1.807, 2.05) is 13.0 Å². The van der Waals surface area contributed by atoms with Gasteiger partial charge in [-0.2, -0.15) is 0 Å². The Hall–Kier alpha value is -1.34. The third kappa shape index (κ3) is 4.89. The summed E-state index contributed by atoms with van der Waals surface area (Å²) in [5, 5.41) is 9.14. The van der Waals surface area contributed by atoms with Gasteiger partial charge in [0, 0.05) is 0 Å². The van der Waals surface area contributed by atoms with Crippen molar-refractivity contribution in [1.29, 1.82) is 0 Å². The standard InChI is InChI=1S/C17H24O/c1-13(2)6-5-7-14(3)10-16-8-9-17(12-18)15(4)11-16/h6,8-11,18H,5,7,12H2,1-4H3. The highest BCUT2D eigenvalue weighted by Crippen LogP contribution is 2.16. The molecule has 1 heteroatoms. The van der Waals surface area contributed by atoms with Gasteiger partial charge in [0.2, 0.25) is 0 Å². The molecular weight excluding hydrogens is 220 g/mol. The third-order valence-electron chi connectivity index (χ3n) is 3.04. The molecule has 0 aromatic heterocycles. The highest BCUT2D eigenvalue weighted by atomic mass is 16.3. The van der Waals surface area contributed by atoms with E-state index in [2.05, 4.69) is 45.1 Å². The fraction of sp³-hybridized carbons (Fsp3) is 0.412. The summed E-state index contributed by atoms with van der Waals surface area (Å²) < 4.78 is 0. The summed E-state index contributed by atoms with van der Waals surface area (Å²) in [6, 6.07) is 6.21. The second-order valence-electron chi connectivity index (χ2n) is 5.15. The number of benzene rings is 1. The number of aliphatic hydroxyl groups is 1. The van der Waals surface area contributed by atoms with Gasteiger partial charge in [-0.25, -0.2) is 0 Å². The van der Waals surface area contributed by atoms with Crippen molar-refractivity contribution in [2.45, 2.75) is 47.1 Å². The molecule has 0 amide bonds. The zero-order valence-corrected chi connectivity index (χ0v) is 12.0. The first-order valence-electron chi connectivity index (χ1n) is 6.54. The quantitative estimate of drug-likeness (QED) is 0.748. The van der Waals surface area contributed by atoms with Crippen LogP contribution < -0.4 is 0 Å². The normalized spacial score (nSPS) is 11.5. The summed E-state index contributed by atoms with van der Waals surface area (Å²) in [4.78, 5) is 0. The van der Waals surface area contributed by atoms with Crippen molar-refractivity contribution < 1.29 is 5.11 Å². The molecular formula is C17H24O. The molecule has 98 valence electrons. The van der Waals surface area contributed by atoms with Crippen LogP contribution in [0, 0.1) is 6.92 Å². The zero-order valence-electron chi connectivity index (χ0n) is 12.0. The van der Waals surface area contributed by atoms with Crippen molar-refractivity contribution in [1.82, 2.24) is 0 Å². The van der Waals surface area contributed by atoms with Gasteiger partial charge in [0.15, 0.2) is 0 Å². The van der Waals surface area contributed by atoms with Crippen LogP contribution in [0.15, 0.2) is 35.4 Å². The van der Waals surface area contributed by atoms with E-state index in [0.29, 0.717) is 0 Å². The summed E-state index contributed by atoms with van der Waals surface area (Å²) in [5.74, 6) is 0. The molecule has 0 atom stereocenters. The number of aliphatic hydroxyl groups excluding tert-OH is 1. The summed E-state index contributed by atoms with van der Waals surface area (Å²) in [6.07, 6.45) is 6.72. The number of allylic oxidation sites excluding steroid dienone is 3. The smallest absolute Gasteiger partial charge is 0.0684 e. The first kappa shape index (κ1) is 14.7. The Bertz CT molecular complexity index is 449. The number of aryl methyl sites for hydroxylation is 1. The van der Waals surface area contributed by atoms with Gasteiger partial charge >= 0.3 is 0 Å². The first-order chi connectivity index (χ1) is 8.52. The molecule has 0 aliphatic carbocycles. The van der Waals surface area contributed by atoms with Crippen molar-refractivity contribution in [2.75, 3.05) is 0 Å². The van der Waals surface area contributed by atoms with Gasteiger partial charge in [-0.05, 0) is 57.2 Å². The van der Waals surface area contributed by atoms with Gasteiger partial charge in [-0.3, -0.25) is 0 Å². The van der Waals surface area contributed by atoms with Gasteiger partial charge in [-0.1, -0.05) is 41.5 Å². The van der Waals surface area contributed by atoms with Crippen LogP contribution in [0.1, 0.15) is 50.3 Å². The molecule has 0 spiro atoms. The molecule has 0 radical (unpaired) electrons. The van der Waals surface area contributed by atoms with Crippen molar-refractivity contribution in [3.05, 3.63) is 52.1 Å². The van der Waals surface area contributed by atoms with Gasteiger partial charge in [0.25, 0.3) is 0 Å². The maximum Gasteiger partial charge on any atom is 0.0684 e. The number of rotatable bonds is 5. The van der Waals surface area contributed by atoms with E-state index in [0.717, 1.165) is 24.0 Å². The lowest BCUT2D eigenvalue weighted by atomic mass is 10.0. The fourth-order valence-corrected chi connectivity index (χ4v) is 1.93. The minimum absolute atomic E-state index is 0.120. The molecule has 0 bridgehead atoms. The van der Waals surface area contributed by atoms with Gasteiger partial charge in [-0.15, -0.1) is 0 Å². The Labute approximate surface area is 111 Å². The minimum Gasteiger partial charge on any atom is -0.392 e. The van der Waals surface area contributed by atoms with E-state index in [9.17, 15) is 0 Å². The molecule has 1 aromatic carbocycles. The van der Waals surface area contributed by atoms with E-state index in [-0.39, 0.29) is 6.61 Å². The Morgan fingerprint density at radius 3 is 2.50 bits per heavy atom. The molecule has 1 rings (SSSR count). The van der Waals surface area contributed by atoms with Crippen molar-refractivity contribution >= 4 is 6.08 Å². The van der Waals surface area contributed by atoms with E-state index < -0.39 is 0 Å². The Morgan fingerprint density at radius 2 is 1.94 bits per heavy atom. The van der Waals surface area contributed by atoms with Crippen molar-refractivity contribution in [3.63, 3.8) is 0 Å². The lowest BCUT2D eigenvalue weighted by Gasteiger charge is -2.05. The number of hydrogen-bond acceptors (Lipinski definition) is 1. The number of hydrogen-bond donors (Lipinski definition) is 1. The van der Waals surface area contributed by atoms with Crippen LogP contribution in [0.2, 0.25) is 0 Å². The molecule has 0 saturated carbocycles. The highest BCUT2D eigenvalue weighted by Gasteiger charge is 1.98. The Morgan fingerprint density at radius 1 is 1.22 bits per heavy atom. The maximum absolute atomic E-state index is 9.14. The van der Waals surface area contributed by atoms with Gasteiger partial charge in [0.1, 0.15) is 0 Å². The second kappa shape index (κ2) is 7.17. The average molecular weight is 244 g/mol. The topological polar surface area (TPSA) is 20.2 Å². The molecule has 1 aromatic rings. The SMILES string of the molecule is CC(C)=CCCC(C)=Cc1ccc(CO)c(C)c1. The monoisotopic (exact) mass is 244 g/mol. The third-order valence-corrected chi connectivity index (χ3v) is 3.04. The van der Waals surface area contributed by atoms with Gasteiger partial charge < -0.3 is 5.11 Å². The van der Waals surface area contributed by atoms with E-state index in [4.69, 9.17) is 5.11 Å². The van der Waals surface area contributed by atoms with Crippen LogP contribution in [0.25, 0.3) is 6.08 Å². The molecule has 0 fully saturated rings. The average Bonchev–Trinajstić information content (AvgIpc) is 2.28. The summed E-state index contributed by atoms with van der Waals surface area (Å²) >= 11 is 0. The molecule has 1 nitrogen and oxygen atoms in total. The van der Waals surface area contributed by atoms with E-state index in [1.54, 1.807) is 0 Å². The molecule has 0 aliphatic rings. The predicted octanol–water partition coefficient (Wildman–Crippen LogP) is 4.64. The van der Waals surface area contributed by atoms with Crippen LogP contribution in [-0.4, -0.2) is 5.11 Å². The van der Waals surface area contributed by atoms with Crippen LogP contribution >= 0.6 is 0 Å². The van der Waals surface area contributed by atoms with Crippen LogP contribution in [0.4, 0.5) is 0 Å². The van der Waals surface area contributed by atoms with Crippen LogP contribution in [0.3, 0.4) is 0 Å². The summed E-state index contributed by atoms with van der Waals surface area (Å²) in [7, 11) is 0. The molecule has 0 saturated heterocycles. The zero-order chi connectivity index (χ0) is 13.5. The lowest BCUT2D eigenvalue weighted by Crippen LogP contribution is -1.89. The maximum atomic E-state index is 9.14. The first-order valence-corrected chi connectivity index (χ1v) is 6.54. The molecule has 0 unspecified atom stereocenters. The molecule has 0 heterocycles. The van der Waals surface area contributed by atoms with Gasteiger partial charge in [0.05, 0.1) is 6.61 Å². The van der Waals surface area contributed by atoms with E-state index in [1.165, 1.54) is 16.7 Å². The van der Waals surface area contributed by atoms with E-state index >= 15 is 0 Å².